The minimum absolute atomic E-state index is 0.926. The second kappa shape index (κ2) is 9.59. The van der Waals surface area contributed by atoms with Crippen LogP contribution in [0.15, 0.2) is 146 Å². The van der Waals surface area contributed by atoms with E-state index in [0.29, 0.717) is 0 Å². The van der Waals surface area contributed by atoms with Gasteiger partial charge in [0.25, 0.3) is 0 Å². The monoisotopic (exact) mass is 564 g/mol. The quantitative estimate of drug-likeness (QED) is 0.158. The van der Waals surface area contributed by atoms with Gasteiger partial charge in [0, 0.05) is 47.5 Å². The molecule has 3 heteroatoms. The van der Waals surface area contributed by atoms with Crippen LogP contribution in [0.3, 0.4) is 0 Å². The Kier molecular flexibility index (Phi) is 5.40. The highest BCUT2D eigenvalue weighted by Gasteiger charge is 2.15. The Hall–Kier alpha value is -5.38. The van der Waals surface area contributed by atoms with Gasteiger partial charge in [0.1, 0.15) is 0 Å². The Bertz CT molecular complexity index is 2510. The fraction of sp³-hybridized carbons (Fsp3) is 0. The second-order valence-corrected chi connectivity index (χ2v) is 12.0. The number of aromatic nitrogens is 2. The van der Waals surface area contributed by atoms with Crippen LogP contribution < -0.4 is 0 Å². The van der Waals surface area contributed by atoms with Crippen molar-refractivity contribution in [3.8, 4) is 33.5 Å². The van der Waals surface area contributed by atoms with E-state index in [-0.39, 0.29) is 0 Å². The fourth-order valence-electron chi connectivity index (χ4n) is 6.43. The van der Waals surface area contributed by atoms with E-state index in [4.69, 9.17) is 9.97 Å². The molecule has 0 N–H and O–H groups in total. The Labute approximate surface area is 252 Å². The number of para-hydroxylation sites is 1. The smallest absolute Gasteiger partial charge is 0.0978 e. The van der Waals surface area contributed by atoms with E-state index in [0.717, 1.165) is 44.0 Å². The summed E-state index contributed by atoms with van der Waals surface area (Å²) in [6.07, 6.45) is 0. The zero-order valence-corrected chi connectivity index (χ0v) is 24.0. The molecule has 3 aromatic heterocycles. The van der Waals surface area contributed by atoms with Gasteiger partial charge in [-0.1, -0.05) is 121 Å². The molecule has 3 heterocycles. The molecule has 2 nitrogen and oxygen atoms in total. The van der Waals surface area contributed by atoms with Gasteiger partial charge < -0.3 is 0 Å². The van der Waals surface area contributed by atoms with Crippen molar-refractivity contribution >= 4 is 64.2 Å². The predicted molar refractivity (Wildman–Crippen MR) is 184 cm³/mol. The van der Waals surface area contributed by atoms with E-state index < -0.39 is 0 Å². The van der Waals surface area contributed by atoms with Crippen LogP contribution in [-0.2, 0) is 0 Å². The molecule has 9 aromatic rings. The topological polar surface area (TPSA) is 25.8 Å². The molecule has 0 fully saturated rings. The van der Waals surface area contributed by atoms with Crippen LogP contribution in [0.1, 0.15) is 0 Å². The molecule has 0 unspecified atom stereocenters. The van der Waals surface area contributed by atoms with Crippen LogP contribution in [0.25, 0.3) is 86.4 Å². The average molecular weight is 565 g/mol. The van der Waals surface area contributed by atoms with Crippen molar-refractivity contribution in [1.82, 2.24) is 9.97 Å². The Morgan fingerprint density at radius 1 is 0.442 bits per heavy atom. The molecule has 0 aliphatic rings. The van der Waals surface area contributed by atoms with Gasteiger partial charge in [-0.2, -0.15) is 0 Å². The van der Waals surface area contributed by atoms with E-state index in [1.165, 1.54) is 42.4 Å². The van der Waals surface area contributed by atoms with Crippen molar-refractivity contribution < 1.29 is 0 Å². The maximum absolute atomic E-state index is 5.29. The molecule has 0 spiro atoms. The number of hydrogen-bond acceptors (Lipinski definition) is 3. The third kappa shape index (κ3) is 3.86. The van der Waals surface area contributed by atoms with Gasteiger partial charge in [-0.25, -0.2) is 9.97 Å². The standard InChI is InChI=1S/C40H24N2S/c1-2-10-25(11-3-1)37-32-15-4-6-18-35(32)42-39-33(37)22-20-26-21-23-34(41-38(26)39)28-13-8-12-27(24-28)29-16-9-17-31-30-14-5-7-19-36(30)43-40(29)31/h1-24H. The molecule has 0 saturated carbocycles. The largest absolute Gasteiger partial charge is 0.245 e. The molecule has 0 aliphatic heterocycles. The molecule has 0 saturated heterocycles. The van der Waals surface area contributed by atoms with Crippen LogP contribution in [-0.4, -0.2) is 9.97 Å². The molecule has 0 radical (unpaired) electrons. The lowest BCUT2D eigenvalue weighted by Gasteiger charge is -2.13. The summed E-state index contributed by atoms with van der Waals surface area (Å²) in [6, 6.07) is 51.8. The molecule has 0 amide bonds. The Morgan fingerprint density at radius 2 is 1.16 bits per heavy atom. The van der Waals surface area contributed by atoms with Crippen LogP contribution in [0, 0.1) is 0 Å². The normalized spacial score (nSPS) is 11.7. The van der Waals surface area contributed by atoms with Crippen LogP contribution in [0.2, 0.25) is 0 Å². The van der Waals surface area contributed by atoms with E-state index >= 15 is 0 Å². The van der Waals surface area contributed by atoms with Crippen LogP contribution in [0.4, 0.5) is 0 Å². The summed E-state index contributed by atoms with van der Waals surface area (Å²) >= 11 is 1.86. The summed E-state index contributed by atoms with van der Waals surface area (Å²) in [6.45, 7) is 0. The van der Waals surface area contributed by atoms with Crippen LogP contribution >= 0.6 is 11.3 Å². The highest BCUT2D eigenvalue weighted by molar-refractivity contribution is 7.26. The van der Waals surface area contributed by atoms with Crippen molar-refractivity contribution in [1.29, 1.82) is 0 Å². The maximum atomic E-state index is 5.29. The number of thiophene rings is 1. The van der Waals surface area contributed by atoms with E-state index in [2.05, 4.69) is 146 Å². The summed E-state index contributed by atoms with van der Waals surface area (Å²) in [7, 11) is 0. The van der Waals surface area contributed by atoms with Gasteiger partial charge in [-0.15, -0.1) is 11.3 Å². The van der Waals surface area contributed by atoms with Crippen molar-refractivity contribution in [2.45, 2.75) is 0 Å². The minimum Gasteiger partial charge on any atom is -0.245 e. The maximum Gasteiger partial charge on any atom is 0.0978 e. The van der Waals surface area contributed by atoms with Crippen LogP contribution in [0.5, 0.6) is 0 Å². The number of rotatable bonds is 3. The molecular formula is C40H24N2S. The summed E-state index contributed by atoms with van der Waals surface area (Å²) in [5.41, 5.74) is 9.72. The van der Waals surface area contributed by atoms with E-state index in [1.807, 2.05) is 11.3 Å². The number of fused-ring (bicyclic) bond motifs is 7. The highest BCUT2D eigenvalue weighted by Crippen LogP contribution is 2.41. The molecule has 0 aliphatic carbocycles. The number of benzene rings is 6. The third-order valence-corrected chi connectivity index (χ3v) is 9.67. The zero-order chi connectivity index (χ0) is 28.3. The average Bonchev–Trinajstić information content (AvgIpc) is 3.46. The molecule has 0 atom stereocenters. The summed E-state index contributed by atoms with van der Waals surface area (Å²) < 4.78 is 2.64. The number of hydrogen-bond donors (Lipinski definition) is 0. The molecule has 200 valence electrons. The summed E-state index contributed by atoms with van der Waals surface area (Å²) in [4.78, 5) is 10.5. The Morgan fingerprint density at radius 3 is 2.09 bits per heavy atom. The van der Waals surface area contributed by atoms with Gasteiger partial charge in [0.15, 0.2) is 0 Å². The lowest BCUT2D eigenvalue weighted by Crippen LogP contribution is -1.93. The molecular weight excluding hydrogens is 541 g/mol. The Balaban J connectivity index is 1.25. The molecule has 43 heavy (non-hydrogen) atoms. The van der Waals surface area contributed by atoms with Gasteiger partial charge in [0.2, 0.25) is 0 Å². The first-order chi connectivity index (χ1) is 21.3. The number of pyridine rings is 2. The van der Waals surface area contributed by atoms with Crippen molar-refractivity contribution in [3.05, 3.63) is 146 Å². The van der Waals surface area contributed by atoms with Gasteiger partial charge in [0.05, 0.1) is 22.2 Å². The summed E-state index contributed by atoms with van der Waals surface area (Å²) in [5, 5.41) is 5.99. The number of nitrogens with zero attached hydrogens (tertiary/aromatic N) is 2. The molecule has 6 aromatic carbocycles. The third-order valence-electron chi connectivity index (χ3n) is 8.45. The van der Waals surface area contributed by atoms with E-state index in [9.17, 15) is 0 Å². The predicted octanol–water partition coefficient (Wildman–Crippen LogP) is 11.3. The highest BCUT2D eigenvalue weighted by atomic mass is 32.1. The second-order valence-electron chi connectivity index (χ2n) is 11.0. The minimum atomic E-state index is 0.926. The zero-order valence-electron chi connectivity index (χ0n) is 23.2. The molecule has 0 bridgehead atoms. The summed E-state index contributed by atoms with van der Waals surface area (Å²) in [5.74, 6) is 0. The lowest BCUT2D eigenvalue weighted by atomic mass is 9.95. The first-order valence-electron chi connectivity index (χ1n) is 14.5. The molecule has 9 rings (SSSR count). The fourth-order valence-corrected chi connectivity index (χ4v) is 7.67. The lowest BCUT2D eigenvalue weighted by molar-refractivity contribution is 1.39. The van der Waals surface area contributed by atoms with Gasteiger partial charge in [-0.05, 0) is 41.0 Å². The first kappa shape index (κ1) is 24.2. The first-order valence-corrected chi connectivity index (χ1v) is 15.3. The van der Waals surface area contributed by atoms with Crippen molar-refractivity contribution in [2.24, 2.45) is 0 Å². The SMILES string of the molecule is c1ccc(-c2c3ccccc3nc3c2ccc2ccc(-c4cccc(-c5cccc6c5sc5ccccc56)c4)nc23)cc1. The van der Waals surface area contributed by atoms with Crippen molar-refractivity contribution in [2.75, 3.05) is 0 Å². The van der Waals surface area contributed by atoms with Crippen molar-refractivity contribution in [3.63, 3.8) is 0 Å². The van der Waals surface area contributed by atoms with E-state index in [1.54, 1.807) is 0 Å². The van der Waals surface area contributed by atoms with Gasteiger partial charge >= 0.3 is 0 Å². The van der Waals surface area contributed by atoms with Gasteiger partial charge in [-0.3, -0.25) is 0 Å².